The second kappa shape index (κ2) is 8.75. The summed E-state index contributed by atoms with van der Waals surface area (Å²) in [7, 11) is 1.55. The van der Waals surface area contributed by atoms with Gasteiger partial charge in [-0.05, 0) is 54.0 Å². The minimum absolute atomic E-state index is 0.450. The Morgan fingerprint density at radius 3 is 2.46 bits per heavy atom. The maximum atomic E-state index is 12.1. The van der Waals surface area contributed by atoms with E-state index >= 15 is 0 Å². The molecular weight excluding hydrogens is 420 g/mol. The summed E-state index contributed by atoms with van der Waals surface area (Å²) in [6, 6.07) is 16.8. The smallest absolute Gasteiger partial charge is 0.339 e. The molecule has 0 spiro atoms. The van der Waals surface area contributed by atoms with Crippen molar-refractivity contribution in [2.75, 3.05) is 12.4 Å². The summed E-state index contributed by atoms with van der Waals surface area (Å²) in [6.45, 7) is 4.05. The highest BCUT2D eigenvalue weighted by atomic mass is 79.9. The van der Waals surface area contributed by atoms with Gasteiger partial charge in [-0.25, -0.2) is 10.2 Å². The third-order valence-electron chi connectivity index (χ3n) is 4.34. The number of halogens is 1. The van der Waals surface area contributed by atoms with E-state index in [9.17, 15) is 4.79 Å². The Kier molecular flexibility index (Phi) is 6.16. The zero-order valence-corrected chi connectivity index (χ0v) is 17.4. The van der Waals surface area contributed by atoms with Gasteiger partial charge in [-0.3, -0.25) is 0 Å². The van der Waals surface area contributed by atoms with Crippen molar-refractivity contribution in [3.8, 4) is 11.4 Å². The first-order chi connectivity index (χ1) is 13.5. The fraction of sp³-hybridized carbons (Fsp3) is 0.143. The lowest BCUT2D eigenvalue weighted by molar-refractivity contribution is 0.252. The summed E-state index contributed by atoms with van der Waals surface area (Å²) in [6.07, 6.45) is 1.63. The number of amides is 2. The first-order valence-corrected chi connectivity index (χ1v) is 9.48. The van der Waals surface area contributed by atoms with Crippen LogP contribution in [0.4, 0.5) is 10.5 Å². The highest BCUT2D eigenvalue weighted by Gasteiger charge is 2.15. The third-order valence-corrected chi connectivity index (χ3v) is 5.35. The molecule has 2 aromatic carbocycles. The number of benzene rings is 2. The van der Waals surface area contributed by atoms with Gasteiger partial charge in [0.05, 0.1) is 19.0 Å². The lowest BCUT2D eigenvalue weighted by Crippen LogP contribution is -2.24. The van der Waals surface area contributed by atoms with E-state index in [-0.39, 0.29) is 0 Å². The van der Waals surface area contributed by atoms with Gasteiger partial charge in [-0.15, -0.1) is 0 Å². The van der Waals surface area contributed by atoms with Crippen molar-refractivity contribution >= 4 is 33.9 Å². The molecule has 3 aromatic rings. The van der Waals surface area contributed by atoms with Gasteiger partial charge in [0.1, 0.15) is 5.75 Å². The molecule has 144 valence electrons. The van der Waals surface area contributed by atoms with Crippen LogP contribution in [0, 0.1) is 13.8 Å². The number of nitrogens with one attached hydrogen (secondary N) is 2. The van der Waals surface area contributed by atoms with Crippen molar-refractivity contribution in [1.82, 2.24) is 9.99 Å². The first kappa shape index (κ1) is 19.7. The zero-order chi connectivity index (χ0) is 20.1. The van der Waals surface area contributed by atoms with E-state index in [2.05, 4.69) is 36.3 Å². The molecule has 0 aliphatic rings. The molecule has 6 nitrogen and oxygen atoms in total. The summed E-state index contributed by atoms with van der Waals surface area (Å²) in [5.41, 5.74) is 7.11. The number of nitrogens with zero attached hydrogens (tertiary/aromatic N) is 2. The molecule has 1 aromatic heterocycles. The number of carbonyl (C=O) groups is 1. The summed E-state index contributed by atoms with van der Waals surface area (Å²) in [5, 5.41) is 6.81. The number of rotatable bonds is 5. The standard InChI is InChI=1S/C21H21BrN4O2/c1-14-17(20(22)15(2)26(14)16-9-5-4-6-10-16)13-23-25-21(27)24-18-11-7-8-12-19(18)28-3/h4-13H,1-3H3,(H2,24,25,27)/b23-13+. The third kappa shape index (κ3) is 4.09. The van der Waals surface area contributed by atoms with Crippen LogP contribution in [-0.2, 0) is 0 Å². The number of ether oxygens (including phenoxy) is 1. The molecule has 0 radical (unpaired) electrons. The molecule has 7 heteroatoms. The Bertz CT molecular complexity index is 1010. The highest BCUT2D eigenvalue weighted by molar-refractivity contribution is 9.10. The molecule has 0 bridgehead atoms. The molecule has 0 saturated carbocycles. The molecule has 0 fully saturated rings. The Balaban J connectivity index is 1.75. The second-order valence-electron chi connectivity index (χ2n) is 6.09. The Morgan fingerprint density at radius 1 is 1.07 bits per heavy atom. The fourth-order valence-corrected chi connectivity index (χ4v) is 3.56. The van der Waals surface area contributed by atoms with E-state index in [0.29, 0.717) is 11.4 Å². The molecule has 2 N–H and O–H groups in total. The van der Waals surface area contributed by atoms with Crippen molar-refractivity contribution in [3.05, 3.63) is 76.0 Å². The van der Waals surface area contributed by atoms with E-state index in [4.69, 9.17) is 4.74 Å². The SMILES string of the molecule is COc1ccccc1NC(=O)N/N=C/c1c(Br)c(C)n(-c2ccccc2)c1C. The fourth-order valence-electron chi connectivity index (χ4n) is 2.99. The number of hydrazone groups is 1. The van der Waals surface area contributed by atoms with Crippen LogP contribution < -0.4 is 15.5 Å². The van der Waals surface area contributed by atoms with E-state index in [1.165, 1.54) is 0 Å². The van der Waals surface area contributed by atoms with Crippen molar-refractivity contribution in [2.24, 2.45) is 5.10 Å². The van der Waals surface area contributed by atoms with Crippen molar-refractivity contribution in [1.29, 1.82) is 0 Å². The minimum Gasteiger partial charge on any atom is -0.495 e. The molecule has 0 saturated heterocycles. The van der Waals surface area contributed by atoms with Gasteiger partial charge in [0, 0.05) is 27.1 Å². The molecule has 0 atom stereocenters. The summed E-state index contributed by atoms with van der Waals surface area (Å²) < 4.78 is 8.29. The van der Waals surface area contributed by atoms with E-state index in [0.717, 1.165) is 27.1 Å². The van der Waals surface area contributed by atoms with Crippen LogP contribution in [0.2, 0.25) is 0 Å². The monoisotopic (exact) mass is 440 g/mol. The average Bonchev–Trinajstić information content (AvgIpc) is 2.92. The highest BCUT2D eigenvalue weighted by Crippen LogP contribution is 2.29. The quantitative estimate of drug-likeness (QED) is 0.431. The number of hydrogen-bond donors (Lipinski definition) is 2. The van der Waals surface area contributed by atoms with Crippen LogP contribution in [0.25, 0.3) is 5.69 Å². The molecule has 28 heavy (non-hydrogen) atoms. The number of para-hydroxylation sites is 3. The Morgan fingerprint density at radius 2 is 1.75 bits per heavy atom. The van der Waals surface area contributed by atoms with Crippen LogP contribution in [-0.4, -0.2) is 23.9 Å². The zero-order valence-electron chi connectivity index (χ0n) is 15.9. The van der Waals surface area contributed by atoms with Gasteiger partial charge in [-0.2, -0.15) is 5.10 Å². The predicted molar refractivity (Wildman–Crippen MR) is 116 cm³/mol. The molecular formula is C21H21BrN4O2. The van der Waals surface area contributed by atoms with Crippen molar-refractivity contribution in [3.63, 3.8) is 0 Å². The average molecular weight is 441 g/mol. The summed E-state index contributed by atoms with van der Waals surface area (Å²) in [4.78, 5) is 12.1. The van der Waals surface area contributed by atoms with E-state index < -0.39 is 6.03 Å². The molecule has 1 heterocycles. The molecule has 0 aliphatic carbocycles. The maximum absolute atomic E-state index is 12.1. The second-order valence-corrected chi connectivity index (χ2v) is 6.89. The lowest BCUT2D eigenvalue weighted by atomic mass is 10.2. The van der Waals surface area contributed by atoms with Gasteiger partial charge in [0.2, 0.25) is 0 Å². The lowest BCUT2D eigenvalue weighted by Gasteiger charge is -2.09. The van der Waals surface area contributed by atoms with E-state index in [1.54, 1.807) is 25.5 Å². The summed E-state index contributed by atoms with van der Waals surface area (Å²) in [5.74, 6) is 0.579. The Labute approximate surface area is 172 Å². The van der Waals surface area contributed by atoms with Crippen LogP contribution in [0.1, 0.15) is 17.0 Å². The molecule has 0 aliphatic heterocycles. The van der Waals surface area contributed by atoms with Crippen molar-refractivity contribution < 1.29 is 9.53 Å². The van der Waals surface area contributed by atoms with Gasteiger partial charge >= 0.3 is 6.03 Å². The number of methoxy groups -OCH3 is 1. The summed E-state index contributed by atoms with van der Waals surface area (Å²) >= 11 is 3.63. The van der Waals surface area contributed by atoms with Crippen LogP contribution >= 0.6 is 15.9 Å². The van der Waals surface area contributed by atoms with Crippen LogP contribution in [0.3, 0.4) is 0 Å². The first-order valence-electron chi connectivity index (χ1n) is 8.68. The maximum Gasteiger partial charge on any atom is 0.339 e. The topological polar surface area (TPSA) is 67.7 Å². The predicted octanol–water partition coefficient (Wildman–Crippen LogP) is 5.02. The normalized spacial score (nSPS) is 10.9. The van der Waals surface area contributed by atoms with Gasteiger partial charge in [0.15, 0.2) is 0 Å². The van der Waals surface area contributed by atoms with Crippen LogP contribution in [0.5, 0.6) is 5.75 Å². The van der Waals surface area contributed by atoms with E-state index in [1.807, 2.05) is 56.3 Å². The van der Waals surface area contributed by atoms with Crippen molar-refractivity contribution in [2.45, 2.75) is 13.8 Å². The molecule has 0 unspecified atom stereocenters. The largest absolute Gasteiger partial charge is 0.495 e. The van der Waals surface area contributed by atoms with Gasteiger partial charge < -0.3 is 14.6 Å². The molecule has 2 amide bonds. The van der Waals surface area contributed by atoms with Gasteiger partial charge in [0.25, 0.3) is 0 Å². The van der Waals surface area contributed by atoms with Gasteiger partial charge in [-0.1, -0.05) is 30.3 Å². The van der Waals surface area contributed by atoms with Crippen LogP contribution in [0.15, 0.2) is 64.2 Å². The number of urea groups is 1. The number of anilines is 1. The number of carbonyl (C=O) groups excluding carboxylic acids is 1. The number of hydrogen-bond acceptors (Lipinski definition) is 3. The Hall–Kier alpha value is -3.06. The molecule has 3 rings (SSSR count). The minimum atomic E-state index is -0.450. The number of aromatic nitrogens is 1.